The maximum atomic E-state index is 11.7. The Bertz CT molecular complexity index is 375. The highest BCUT2D eigenvalue weighted by Gasteiger charge is 2.27. The van der Waals surface area contributed by atoms with E-state index < -0.39 is 18.8 Å². The zero-order valence-corrected chi connectivity index (χ0v) is 9.31. The van der Waals surface area contributed by atoms with Gasteiger partial charge in [-0.25, -0.2) is 4.79 Å². The Morgan fingerprint density at radius 2 is 2.12 bits per heavy atom. The van der Waals surface area contributed by atoms with Crippen molar-refractivity contribution in [2.75, 3.05) is 19.8 Å². The third-order valence-electron chi connectivity index (χ3n) is 1.55. The number of carboxylic acids is 1. The smallest absolute Gasteiger partial charge is 0.411 e. The van der Waals surface area contributed by atoms with E-state index in [9.17, 15) is 18.0 Å². The molecule has 1 N–H and O–H groups in total. The molecule has 0 aliphatic carbocycles. The van der Waals surface area contributed by atoms with Gasteiger partial charge in [-0.15, -0.1) is 11.3 Å². The molecule has 1 heterocycles. The van der Waals surface area contributed by atoms with E-state index in [1.54, 1.807) is 0 Å². The molecule has 0 atom stereocenters. The largest absolute Gasteiger partial charge is 0.490 e. The SMILES string of the molecule is O=C(O)c1cc(OCCOCC(F)(F)F)cs1. The summed E-state index contributed by atoms with van der Waals surface area (Å²) in [4.78, 5) is 10.6. The van der Waals surface area contributed by atoms with E-state index in [4.69, 9.17) is 9.84 Å². The standard InChI is InChI=1S/C9H9F3O4S/c10-9(11,12)5-15-1-2-16-6-3-7(8(13)14)17-4-6/h3-4H,1-2,5H2,(H,13,14). The monoisotopic (exact) mass is 270 g/mol. The van der Waals surface area contributed by atoms with Crippen LogP contribution in [0.5, 0.6) is 5.75 Å². The molecule has 4 nitrogen and oxygen atoms in total. The number of alkyl halides is 3. The zero-order valence-electron chi connectivity index (χ0n) is 8.49. The molecule has 0 aliphatic rings. The highest BCUT2D eigenvalue weighted by atomic mass is 32.1. The number of carboxylic acid groups (broad SMARTS) is 1. The zero-order chi connectivity index (χ0) is 12.9. The molecule has 0 radical (unpaired) electrons. The number of carbonyl (C=O) groups is 1. The molecule has 17 heavy (non-hydrogen) atoms. The lowest BCUT2D eigenvalue weighted by Crippen LogP contribution is -2.19. The molecule has 8 heteroatoms. The van der Waals surface area contributed by atoms with Crippen LogP contribution in [0.1, 0.15) is 9.67 Å². The molecule has 0 fully saturated rings. The van der Waals surface area contributed by atoms with E-state index in [1.165, 1.54) is 11.4 Å². The Labute approximate surface area is 98.6 Å². The number of halogens is 3. The Hall–Kier alpha value is -1.28. The minimum atomic E-state index is -4.35. The van der Waals surface area contributed by atoms with Crippen molar-refractivity contribution in [1.29, 1.82) is 0 Å². The lowest BCUT2D eigenvalue weighted by molar-refractivity contribution is -0.175. The first-order chi connectivity index (χ1) is 7.88. The maximum absolute atomic E-state index is 11.7. The van der Waals surface area contributed by atoms with Gasteiger partial charge in [-0.1, -0.05) is 0 Å². The van der Waals surface area contributed by atoms with Gasteiger partial charge in [-0.2, -0.15) is 13.2 Å². The molecule has 1 aromatic rings. The quantitative estimate of drug-likeness (QED) is 0.806. The lowest BCUT2D eigenvalue weighted by Gasteiger charge is -2.07. The van der Waals surface area contributed by atoms with Gasteiger partial charge in [0, 0.05) is 11.4 Å². The number of hydrogen-bond donors (Lipinski definition) is 1. The molecule has 0 spiro atoms. The predicted octanol–water partition coefficient (Wildman–Crippen LogP) is 2.40. The van der Waals surface area contributed by atoms with Crippen molar-refractivity contribution >= 4 is 17.3 Å². The van der Waals surface area contributed by atoms with Gasteiger partial charge in [0.25, 0.3) is 0 Å². The average Bonchev–Trinajstić information content (AvgIpc) is 2.64. The van der Waals surface area contributed by atoms with Gasteiger partial charge in [0.05, 0.1) is 6.61 Å². The fraction of sp³-hybridized carbons (Fsp3) is 0.444. The molecule has 0 amide bonds. The minimum absolute atomic E-state index is 0.0636. The van der Waals surface area contributed by atoms with Crippen LogP contribution in [0.15, 0.2) is 11.4 Å². The second-order valence-electron chi connectivity index (χ2n) is 2.97. The third kappa shape index (κ3) is 5.55. The Kier molecular flexibility index (Phi) is 4.76. The number of aromatic carboxylic acids is 1. The van der Waals surface area contributed by atoms with Crippen molar-refractivity contribution in [1.82, 2.24) is 0 Å². The van der Waals surface area contributed by atoms with Crippen LogP contribution >= 0.6 is 11.3 Å². The van der Waals surface area contributed by atoms with Crippen LogP contribution in [0.4, 0.5) is 13.2 Å². The minimum Gasteiger partial charge on any atom is -0.490 e. The van der Waals surface area contributed by atoms with Crippen LogP contribution in [-0.2, 0) is 4.74 Å². The number of hydrogen-bond acceptors (Lipinski definition) is 4. The average molecular weight is 270 g/mol. The van der Waals surface area contributed by atoms with E-state index in [0.29, 0.717) is 5.75 Å². The van der Waals surface area contributed by atoms with E-state index in [2.05, 4.69) is 4.74 Å². The summed E-state index contributed by atoms with van der Waals surface area (Å²) in [5.41, 5.74) is 0. The van der Waals surface area contributed by atoms with Crippen molar-refractivity contribution in [3.63, 3.8) is 0 Å². The van der Waals surface area contributed by atoms with E-state index in [0.717, 1.165) is 11.3 Å². The summed E-state index contributed by atoms with van der Waals surface area (Å²) in [6, 6.07) is 1.30. The first-order valence-electron chi connectivity index (χ1n) is 4.47. The summed E-state index contributed by atoms with van der Waals surface area (Å²) in [6.07, 6.45) is -4.35. The topological polar surface area (TPSA) is 55.8 Å². The molecule has 96 valence electrons. The number of ether oxygens (including phenoxy) is 2. The first kappa shape index (κ1) is 13.8. The Morgan fingerprint density at radius 3 is 2.65 bits per heavy atom. The van der Waals surface area contributed by atoms with Crippen molar-refractivity contribution in [3.05, 3.63) is 16.3 Å². The van der Waals surface area contributed by atoms with Crippen molar-refractivity contribution in [2.24, 2.45) is 0 Å². The summed E-state index contributed by atoms with van der Waals surface area (Å²) < 4.78 is 44.3. The van der Waals surface area contributed by atoms with Crippen LogP contribution in [0.2, 0.25) is 0 Å². The molecule has 0 saturated carbocycles. The second kappa shape index (κ2) is 5.87. The van der Waals surface area contributed by atoms with Crippen molar-refractivity contribution < 1.29 is 32.5 Å². The summed E-state index contributed by atoms with van der Waals surface area (Å²) in [5.74, 6) is -0.763. The summed E-state index contributed by atoms with van der Waals surface area (Å²) >= 11 is 0.980. The van der Waals surface area contributed by atoms with Crippen LogP contribution in [0.25, 0.3) is 0 Å². The fourth-order valence-corrected chi connectivity index (χ4v) is 1.58. The van der Waals surface area contributed by atoms with Gasteiger partial charge in [0.1, 0.15) is 23.8 Å². The highest BCUT2D eigenvalue weighted by molar-refractivity contribution is 7.12. The second-order valence-corrected chi connectivity index (χ2v) is 3.88. The molecular formula is C9H9F3O4S. The van der Waals surface area contributed by atoms with Gasteiger partial charge in [-0.3, -0.25) is 0 Å². The highest BCUT2D eigenvalue weighted by Crippen LogP contribution is 2.21. The van der Waals surface area contributed by atoms with Gasteiger partial charge < -0.3 is 14.6 Å². The van der Waals surface area contributed by atoms with Crippen molar-refractivity contribution in [2.45, 2.75) is 6.18 Å². The molecule has 0 aliphatic heterocycles. The number of thiophene rings is 1. The van der Waals surface area contributed by atoms with Gasteiger partial charge in [0.15, 0.2) is 0 Å². The van der Waals surface area contributed by atoms with Gasteiger partial charge in [0.2, 0.25) is 0 Å². The molecular weight excluding hydrogens is 261 g/mol. The normalized spacial score (nSPS) is 11.5. The first-order valence-corrected chi connectivity index (χ1v) is 5.35. The maximum Gasteiger partial charge on any atom is 0.411 e. The van der Waals surface area contributed by atoms with Crippen LogP contribution in [-0.4, -0.2) is 37.1 Å². The fourth-order valence-electron chi connectivity index (χ4n) is 0.913. The van der Waals surface area contributed by atoms with E-state index in [1.807, 2.05) is 0 Å². The molecule has 1 rings (SSSR count). The van der Waals surface area contributed by atoms with E-state index in [-0.39, 0.29) is 18.1 Å². The molecule has 0 saturated heterocycles. The number of rotatable bonds is 6. The Morgan fingerprint density at radius 1 is 1.41 bits per heavy atom. The van der Waals surface area contributed by atoms with Crippen molar-refractivity contribution in [3.8, 4) is 5.75 Å². The Balaban J connectivity index is 2.20. The molecule has 0 aromatic carbocycles. The molecule has 0 bridgehead atoms. The molecule has 0 unspecified atom stereocenters. The lowest BCUT2D eigenvalue weighted by atomic mass is 10.4. The van der Waals surface area contributed by atoms with Crippen LogP contribution in [0, 0.1) is 0 Å². The third-order valence-corrected chi connectivity index (χ3v) is 2.44. The molecule has 1 aromatic heterocycles. The van der Waals surface area contributed by atoms with E-state index >= 15 is 0 Å². The summed E-state index contributed by atoms with van der Waals surface area (Å²) in [7, 11) is 0. The predicted molar refractivity (Wildman–Crippen MR) is 53.6 cm³/mol. The van der Waals surface area contributed by atoms with Gasteiger partial charge in [-0.05, 0) is 0 Å². The van der Waals surface area contributed by atoms with Crippen LogP contribution < -0.4 is 4.74 Å². The van der Waals surface area contributed by atoms with Crippen LogP contribution in [0.3, 0.4) is 0 Å². The van der Waals surface area contributed by atoms with Gasteiger partial charge >= 0.3 is 12.1 Å². The summed E-state index contributed by atoms with van der Waals surface area (Å²) in [5, 5.41) is 10.1. The summed E-state index contributed by atoms with van der Waals surface area (Å²) in [6.45, 7) is -1.59.